The molecule has 0 bridgehead atoms. The van der Waals surface area contributed by atoms with E-state index in [0.29, 0.717) is 31.3 Å². The summed E-state index contributed by atoms with van der Waals surface area (Å²) in [4.78, 5) is 27.8. The maximum atomic E-state index is 13.0. The maximum absolute atomic E-state index is 13.0. The highest BCUT2D eigenvalue weighted by atomic mass is 16.2. The van der Waals surface area contributed by atoms with Crippen molar-refractivity contribution in [2.75, 3.05) is 11.9 Å². The highest BCUT2D eigenvalue weighted by Gasteiger charge is 2.23. The van der Waals surface area contributed by atoms with E-state index in [0.717, 1.165) is 17.7 Å². The van der Waals surface area contributed by atoms with Crippen LogP contribution in [0.2, 0.25) is 0 Å². The third-order valence-corrected chi connectivity index (χ3v) is 4.66. The van der Waals surface area contributed by atoms with Crippen LogP contribution in [0.3, 0.4) is 0 Å². The van der Waals surface area contributed by atoms with Crippen LogP contribution in [0.1, 0.15) is 32.9 Å². The zero-order valence-corrected chi connectivity index (χ0v) is 15.2. The van der Waals surface area contributed by atoms with Crippen molar-refractivity contribution < 1.29 is 4.79 Å². The first kappa shape index (κ1) is 17.1. The molecule has 2 aromatic heterocycles. The van der Waals surface area contributed by atoms with Crippen LogP contribution in [0, 0.1) is 6.92 Å². The molecule has 0 saturated carbocycles. The van der Waals surface area contributed by atoms with Crippen LogP contribution in [0.4, 0.5) is 5.95 Å². The van der Waals surface area contributed by atoms with Crippen LogP contribution in [0.15, 0.2) is 54.9 Å². The summed E-state index contributed by atoms with van der Waals surface area (Å²) in [5.74, 6) is 0.402. The van der Waals surface area contributed by atoms with Crippen molar-refractivity contribution in [2.45, 2.75) is 26.4 Å². The van der Waals surface area contributed by atoms with E-state index in [2.05, 4.69) is 32.4 Å². The van der Waals surface area contributed by atoms with E-state index >= 15 is 0 Å². The fourth-order valence-corrected chi connectivity index (χ4v) is 3.27. The summed E-state index contributed by atoms with van der Waals surface area (Å²) in [6, 6.07) is 13.9. The number of carbonyl (C=O) groups is 1. The number of hydrogen-bond acceptors (Lipinski definition) is 5. The van der Waals surface area contributed by atoms with Crippen LogP contribution in [0.5, 0.6) is 0 Å². The molecule has 0 saturated heterocycles. The molecular weight excluding hydrogens is 338 g/mol. The van der Waals surface area contributed by atoms with Crippen molar-refractivity contribution in [3.8, 4) is 0 Å². The molecule has 3 heterocycles. The highest BCUT2D eigenvalue weighted by Crippen LogP contribution is 2.20. The second-order valence-electron chi connectivity index (χ2n) is 6.68. The average molecular weight is 359 g/mol. The lowest BCUT2D eigenvalue weighted by molar-refractivity contribution is 0.0728. The summed E-state index contributed by atoms with van der Waals surface area (Å²) < 4.78 is 0. The Morgan fingerprint density at radius 2 is 2.00 bits per heavy atom. The van der Waals surface area contributed by atoms with Gasteiger partial charge in [-0.1, -0.05) is 30.3 Å². The van der Waals surface area contributed by atoms with Crippen LogP contribution in [-0.4, -0.2) is 32.3 Å². The van der Waals surface area contributed by atoms with Gasteiger partial charge in [0, 0.05) is 37.7 Å². The number of anilines is 1. The molecule has 0 radical (unpaired) electrons. The van der Waals surface area contributed by atoms with Crippen molar-refractivity contribution >= 4 is 11.9 Å². The number of pyridine rings is 1. The number of amides is 1. The summed E-state index contributed by atoms with van der Waals surface area (Å²) >= 11 is 0. The summed E-state index contributed by atoms with van der Waals surface area (Å²) in [5, 5.41) is 3.18. The van der Waals surface area contributed by atoms with Gasteiger partial charge in [0.25, 0.3) is 5.91 Å². The number of fused-ring (bicyclic) bond motifs is 1. The molecule has 6 nitrogen and oxygen atoms in total. The number of aromatic nitrogens is 3. The monoisotopic (exact) mass is 359 g/mol. The molecule has 1 aliphatic rings. The Morgan fingerprint density at radius 3 is 2.81 bits per heavy atom. The van der Waals surface area contributed by atoms with E-state index in [9.17, 15) is 4.79 Å². The van der Waals surface area contributed by atoms with Crippen LogP contribution < -0.4 is 5.32 Å². The molecule has 1 amide bonds. The molecule has 27 heavy (non-hydrogen) atoms. The Labute approximate surface area is 158 Å². The Kier molecular flexibility index (Phi) is 4.78. The van der Waals surface area contributed by atoms with Gasteiger partial charge in [0.15, 0.2) is 0 Å². The first-order valence-corrected chi connectivity index (χ1v) is 9.03. The summed E-state index contributed by atoms with van der Waals surface area (Å²) in [5.41, 5.74) is 4.75. The van der Waals surface area contributed by atoms with Gasteiger partial charge in [-0.05, 0) is 42.2 Å². The maximum Gasteiger partial charge on any atom is 0.272 e. The van der Waals surface area contributed by atoms with Crippen molar-refractivity contribution in [2.24, 2.45) is 0 Å². The third-order valence-electron chi connectivity index (χ3n) is 4.66. The number of benzene rings is 1. The first-order chi connectivity index (χ1) is 13.2. The van der Waals surface area contributed by atoms with Crippen molar-refractivity contribution in [1.29, 1.82) is 0 Å². The predicted molar refractivity (Wildman–Crippen MR) is 103 cm³/mol. The SMILES string of the molecule is Cc1cc(C(=O)N2CCc3ccccc3C2)nc(NCc2cccnc2)n1. The zero-order chi connectivity index (χ0) is 18.6. The molecular formula is C21H21N5O. The smallest absolute Gasteiger partial charge is 0.272 e. The lowest BCUT2D eigenvalue weighted by Crippen LogP contribution is -2.36. The summed E-state index contributed by atoms with van der Waals surface area (Å²) in [7, 11) is 0. The van der Waals surface area contributed by atoms with Gasteiger partial charge >= 0.3 is 0 Å². The van der Waals surface area contributed by atoms with Gasteiger partial charge in [-0.25, -0.2) is 9.97 Å². The van der Waals surface area contributed by atoms with Gasteiger partial charge in [-0.2, -0.15) is 0 Å². The molecule has 0 atom stereocenters. The fourth-order valence-electron chi connectivity index (χ4n) is 3.27. The van der Waals surface area contributed by atoms with Crippen LogP contribution in [-0.2, 0) is 19.5 Å². The largest absolute Gasteiger partial charge is 0.350 e. The van der Waals surface area contributed by atoms with Gasteiger partial charge < -0.3 is 10.2 Å². The molecule has 6 heteroatoms. The first-order valence-electron chi connectivity index (χ1n) is 9.03. The van der Waals surface area contributed by atoms with Gasteiger partial charge in [0.2, 0.25) is 5.95 Å². The normalized spacial score (nSPS) is 13.1. The summed E-state index contributed by atoms with van der Waals surface area (Å²) in [6.45, 7) is 3.76. The Balaban J connectivity index is 1.50. The number of aryl methyl sites for hydroxylation is 1. The van der Waals surface area contributed by atoms with Crippen LogP contribution in [0.25, 0.3) is 0 Å². The minimum absolute atomic E-state index is 0.0561. The average Bonchev–Trinajstić information content (AvgIpc) is 2.72. The van der Waals surface area contributed by atoms with E-state index in [1.807, 2.05) is 36.1 Å². The fraction of sp³-hybridized carbons (Fsp3) is 0.238. The lowest BCUT2D eigenvalue weighted by atomic mass is 10.00. The second-order valence-corrected chi connectivity index (χ2v) is 6.68. The Hall–Kier alpha value is -3.28. The summed E-state index contributed by atoms with van der Waals surface area (Å²) in [6.07, 6.45) is 4.40. The second kappa shape index (κ2) is 7.53. The van der Waals surface area contributed by atoms with Crippen molar-refractivity contribution in [1.82, 2.24) is 19.9 Å². The van der Waals surface area contributed by atoms with Gasteiger partial charge in [0.05, 0.1) is 0 Å². The van der Waals surface area contributed by atoms with Crippen molar-refractivity contribution in [3.05, 3.63) is 82.9 Å². The van der Waals surface area contributed by atoms with E-state index in [1.165, 1.54) is 11.1 Å². The lowest BCUT2D eigenvalue weighted by Gasteiger charge is -2.28. The molecule has 0 aliphatic carbocycles. The molecule has 0 unspecified atom stereocenters. The molecule has 1 aromatic carbocycles. The van der Waals surface area contributed by atoms with Crippen molar-refractivity contribution in [3.63, 3.8) is 0 Å². The quantitative estimate of drug-likeness (QED) is 0.775. The molecule has 1 aliphatic heterocycles. The molecule has 136 valence electrons. The predicted octanol–water partition coefficient (Wildman–Crippen LogP) is 2.99. The van der Waals surface area contributed by atoms with E-state index in [-0.39, 0.29) is 5.91 Å². The minimum Gasteiger partial charge on any atom is -0.350 e. The minimum atomic E-state index is -0.0561. The number of carbonyl (C=O) groups excluding carboxylic acids is 1. The topological polar surface area (TPSA) is 71.0 Å². The molecule has 4 rings (SSSR count). The molecule has 1 N–H and O–H groups in total. The zero-order valence-electron chi connectivity index (χ0n) is 15.2. The van der Waals surface area contributed by atoms with E-state index in [1.54, 1.807) is 18.5 Å². The van der Waals surface area contributed by atoms with Gasteiger partial charge in [0.1, 0.15) is 5.69 Å². The molecule has 0 fully saturated rings. The Bertz CT molecular complexity index is 958. The van der Waals surface area contributed by atoms with Gasteiger partial charge in [-0.3, -0.25) is 9.78 Å². The van der Waals surface area contributed by atoms with E-state index in [4.69, 9.17) is 0 Å². The number of hydrogen-bond donors (Lipinski definition) is 1. The van der Waals surface area contributed by atoms with Gasteiger partial charge in [-0.15, -0.1) is 0 Å². The van der Waals surface area contributed by atoms with E-state index < -0.39 is 0 Å². The number of nitrogens with one attached hydrogen (secondary N) is 1. The Morgan fingerprint density at radius 1 is 1.15 bits per heavy atom. The standard InChI is InChI=1S/C21H21N5O/c1-15-11-19(25-21(24-15)23-13-16-5-4-9-22-12-16)20(27)26-10-8-17-6-2-3-7-18(17)14-26/h2-7,9,11-12H,8,10,13-14H2,1H3,(H,23,24,25). The highest BCUT2D eigenvalue weighted by molar-refractivity contribution is 5.92. The van der Waals surface area contributed by atoms with Crippen LogP contribution >= 0.6 is 0 Å². The number of rotatable bonds is 4. The third kappa shape index (κ3) is 3.95. The molecule has 0 spiro atoms. The number of nitrogens with zero attached hydrogens (tertiary/aromatic N) is 4. The molecule has 3 aromatic rings.